The Labute approximate surface area is 116 Å². The van der Waals surface area contributed by atoms with Gasteiger partial charge in [-0.3, -0.25) is 0 Å². The standard InChI is InChI=1S/Ga.K.Li.Na. The first-order valence-electron chi connectivity index (χ1n) is 0. The molecule has 0 rings (SSSR count). The Bertz CT molecular complexity index is 8.00. The summed E-state index contributed by atoms with van der Waals surface area (Å²) in [5, 5.41) is 0. The van der Waals surface area contributed by atoms with Crippen LogP contribution >= 0.6 is 0 Å². The summed E-state index contributed by atoms with van der Waals surface area (Å²) in [6.45, 7) is 0. The molecule has 0 aromatic carbocycles. The molecule has 0 nitrogen and oxygen atoms in total. The quantitative estimate of drug-likeness (QED) is 0.357. The van der Waals surface area contributed by atoms with Crippen LogP contribution in [-0.4, -0.2) is 120 Å². The Balaban J connectivity index is 0. The molecule has 0 saturated heterocycles. The summed E-state index contributed by atoms with van der Waals surface area (Å²) < 4.78 is 0. The second-order valence-electron chi connectivity index (χ2n) is 0. The van der Waals surface area contributed by atoms with E-state index in [9.17, 15) is 0 Å². The Morgan fingerprint density at radius 3 is 1.00 bits per heavy atom. The SMILES string of the molecule is [Ga].[K].[Li].[Na]. The van der Waals surface area contributed by atoms with Gasteiger partial charge in [-0.05, 0) is 0 Å². The van der Waals surface area contributed by atoms with Gasteiger partial charge in [0.1, 0.15) is 0 Å². The normalized spacial score (nSPS) is 0. The molecule has 6 valence electrons. The monoisotopic (exact) mass is 138 g/mol. The Hall–Kier alpha value is 3.87. The predicted molar refractivity (Wildman–Crippen MR) is 23.0 cm³/mol. The zero-order valence-corrected chi connectivity index (χ0v) is 11.1. The molecule has 0 saturated carbocycles. The van der Waals surface area contributed by atoms with Crippen molar-refractivity contribution in [3.05, 3.63) is 0 Å². The molecule has 0 fully saturated rings. The van der Waals surface area contributed by atoms with Crippen LogP contribution in [0.1, 0.15) is 0 Å². The van der Waals surface area contributed by atoms with Gasteiger partial charge in [-0.25, -0.2) is 0 Å². The topological polar surface area (TPSA) is 0 Å². The minimum Gasteiger partial charge on any atom is 0 e. The van der Waals surface area contributed by atoms with E-state index in [-0.39, 0.29) is 120 Å². The maximum atomic E-state index is 0. The van der Waals surface area contributed by atoms with Crippen molar-refractivity contribution in [1.29, 1.82) is 0 Å². The summed E-state index contributed by atoms with van der Waals surface area (Å²) >= 11 is 0. The molecule has 0 heterocycles. The second kappa shape index (κ2) is 15.8. The first-order valence-corrected chi connectivity index (χ1v) is 0. The van der Waals surface area contributed by atoms with Crippen molar-refractivity contribution in [2.24, 2.45) is 0 Å². The van der Waals surface area contributed by atoms with E-state index in [4.69, 9.17) is 0 Å². The van der Waals surface area contributed by atoms with E-state index < -0.39 is 0 Å². The van der Waals surface area contributed by atoms with Crippen molar-refractivity contribution in [1.82, 2.24) is 0 Å². The number of hydrogen-bond donors (Lipinski definition) is 0. The average molecular weight is 139 g/mol. The molecule has 0 atom stereocenters. The fourth-order valence-corrected chi connectivity index (χ4v) is 0. The summed E-state index contributed by atoms with van der Waals surface area (Å²) in [6, 6.07) is 0. The van der Waals surface area contributed by atoms with Gasteiger partial charge in [0, 0.05) is 120 Å². The molecular weight excluding hydrogens is 139 g/mol. The van der Waals surface area contributed by atoms with Crippen LogP contribution in [0.3, 0.4) is 0 Å². The van der Waals surface area contributed by atoms with Crippen molar-refractivity contribution in [2.75, 3.05) is 0 Å². The third-order valence-electron chi connectivity index (χ3n) is 0. The minimum atomic E-state index is 0. The Morgan fingerprint density at radius 2 is 1.00 bits per heavy atom. The zero-order valence-electron chi connectivity index (χ0n) is 3.58. The van der Waals surface area contributed by atoms with Gasteiger partial charge in [0.2, 0.25) is 0 Å². The van der Waals surface area contributed by atoms with Crippen molar-refractivity contribution in [3.63, 3.8) is 0 Å². The third-order valence-corrected chi connectivity index (χ3v) is 0. The molecule has 0 amide bonds. The summed E-state index contributed by atoms with van der Waals surface area (Å²) in [5.41, 5.74) is 0. The van der Waals surface area contributed by atoms with E-state index >= 15 is 0 Å². The molecule has 6 radical (unpaired) electrons. The summed E-state index contributed by atoms with van der Waals surface area (Å²) in [5.74, 6) is 0. The van der Waals surface area contributed by atoms with Crippen LogP contribution in [0.5, 0.6) is 0 Å². The van der Waals surface area contributed by atoms with Gasteiger partial charge in [0.15, 0.2) is 0 Å². The molecule has 0 bridgehead atoms. The fourth-order valence-electron chi connectivity index (χ4n) is 0. The van der Waals surface area contributed by atoms with Crippen LogP contribution in [0.25, 0.3) is 0 Å². The number of hydrogen-bond acceptors (Lipinski definition) is 0. The summed E-state index contributed by atoms with van der Waals surface area (Å²) in [7, 11) is 0. The molecule has 0 aliphatic rings. The van der Waals surface area contributed by atoms with Gasteiger partial charge < -0.3 is 0 Å². The van der Waals surface area contributed by atoms with Crippen LogP contribution in [-0.2, 0) is 0 Å². The van der Waals surface area contributed by atoms with Crippen molar-refractivity contribution < 1.29 is 0 Å². The van der Waals surface area contributed by atoms with E-state index in [0.717, 1.165) is 0 Å². The smallest absolute Gasteiger partial charge is 0 e. The maximum absolute atomic E-state index is 0. The molecule has 0 N–H and O–H groups in total. The first-order chi connectivity index (χ1) is 0. The molecule has 4 heteroatoms. The van der Waals surface area contributed by atoms with Gasteiger partial charge in [-0.1, -0.05) is 0 Å². The molecular formula is GaKLiNa. The number of rotatable bonds is 0. The minimum absolute atomic E-state index is 0. The molecule has 0 aromatic heterocycles. The fraction of sp³-hybridized carbons (Fsp3) is 0. The van der Waals surface area contributed by atoms with Crippen LogP contribution in [0.4, 0.5) is 0 Å². The first kappa shape index (κ1) is 24.8. The average Bonchev–Trinajstić information content (AvgIpc) is 0. The van der Waals surface area contributed by atoms with E-state index in [1.54, 1.807) is 0 Å². The molecule has 4 heavy (non-hydrogen) atoms. The van der Waals surface area contributed by atoms with Gasteiger partial charge in [-0.15, -0.1) is 0 Å². The predicted octanol–water partition coefficient (Wildman–Crippen LogP) is -1.52. The van der Waals surface area contributed by atoms with E-state index in [1.807, 2.05) is 0 Å². The summed E-state index contributed by atoms with van der Waals surface area (Å²) in [6.07, 6.45) is 0. The van der Waals surface area contributed by atoms with Gasteiger partial charge >= 0.3 is 0 Å². The molecule has 0 unspecified atom stereocenters. The maximum Gasteiger partial charge on any atom is 0 e. The third kappa shape index (κ3) is 9.30. The van der Waals surface area contributed by atoms with Crippen LogP contribution in [0.2, 0.25) is 0 Å². The van der Waals surface area contributed by atoms with Gasteiger partial charge in [0.25, 0.3) is 0 Å². The van der Waals surface area contributed by atoms with E-state index in [1.165, 1.54) is 0 Å². The van der Waals surface area contributed by atoms with Crippen LogP contribution < -0.4 is 0 Å². The van der Waals surface area contributed by atoms with Gasteiger partial charge in [-0.2, -0.15) is 0 Å². The molecule has 0 aliphatic carbocycles. The zero-order chi connectivity index (χ0) is 0. The van der Waals surface area contributed by atoms with Crippen molar-refractivity contribution >= 4 is 120 Å². The summed E-state index contributed by atoms with van der Waals surface area (Å²) in [4.78, 5) is 0. The van der Waals surface area contributed by atoms with Crippen LogP contribution in [0.15, 0.2) is 0 Å². The Kier molecular flexibility index (Phi) is 98.0. The largest absolute Gasteiger partial charge is 0 e. The second-order valence-corrected chi connectivity index (χ2v) is 0. The van der Waals surface area contributed by atoms with Gasteiger partial charge in [0.05, 0.1) is 0 Å². The van der Waals surface area contributed by atoms with Crippen LogP contribution in [0, 0.1) is 0 Å². The van der Waals surface area contributed by atoms with E-state index in [2.05, 4.69) is 0 Å². The molecule has 0 aliphatic heterocycles. The van der Waals surface area contributed by atoms with Crippen molar-refractivity contribution in [2.45, 2.75) is 0 Å². The Morgan fingerprint density at radius 1 is 1.00 bits per heavy atom. The molecule has 0 aromatic rings. The van der Waals surface area contributed by atoms with E-state index in [0.29, 0.717) is 0 Å². The molecule has 0 spiro atoms. The van der Waals surface area contributed by atoms with Crippen molar-refractivity contribution in [3.8, 4) is 0 Å².